The molecule has 1 aromatic carbocycles. The lowest BCUT2D eigenvalue weighted by Crippen LogP contribution is -2.38. The Morgan fingerprint density at radius 2 is 1.95 bits per heavy atom. The molecule has 114 valence electrons. The summed E-state index contributed by atoms with van der Waals surface area (Å²) in [4.78, 5) is 22.3. The number of urea groups is 1. The van der Waals surface area contributed by atoms with Crippen molar-refractivity contribution < 1.29 is 9.59 Å². The van der Waals surface area contributed by atoms with Gasteiger partial charge in [-0.2, -0.15) is 0 Å². The highest BCUT2D eigenvalue weighted by molar-refractivity contribution is 5.77. The first-order valence-corrected chi connectivity index (χ1v) is 7.50. The maximum Gasteiger partial charge on any atom is 0.315 e. The highest BCUT2D eigenvalue weighted by Crippen LogP contribution is 2.24. The van der Waals surface area contributed by atoms with E-state index in [4.69, 9.17) is 5.73 Å². The molecule has 0 bridgehead atoms. The fourth-order valence-electron chi connectivity index (χ4n) is 2.65. The third-order valence-corrected chi connectivity index (χ3v) is 3.88. The SMILES string of the molecule is CC(NC(=O)NCCC(N)=O)c1ccc2c(c1)CCCC2. The van der Waals surface area contributed by atoms with E-state index in [-0.39, 0.29) is 25.0 Å². The quantitative estimate of drug-likeness (QED) is 0.772. The lowest BCUT2D eigenvalue weighted by atomic mass is 9.89. The number of fused-ring (bicyclic) bond motifs is 1. The standard InChI is InChI=1S/C16H23N3O2/c1-11(19-16(21)18-9-8-15(17)20)13-7-6-12-4-2-3-5-14(12)10-13/h6-7,10-11H,2-5,8-9H2,1H3,(H2,17,20)(H2,18,19,21). The molecule has 2 rings (SSSR count). The zero-order valence-corrected chi connectivity index (χ0v) is 12.4. The van der Waals surface area contributed by atoms with Crippen LogP contribution in [0.1, 0.15) is 48.9 Å². The molecule has 0 heterocycles. The molecule has 5 nitrogen and oxygen atoms in total. The molecular weight excluding hydrogens is 266 g/mol. The molecule has 1 aliphatic carbocycles. The molecule has 0 radical (unpaired) electrons. The molecule has 1 atom stereocenters. The number of hydrogen-bond acceptors (Lipinski definition) is 2. The number of amides is 3. The first-order chi connectivity index (χ1) is 10.1. The molecule has 5 heteroatoms. The van der Waals surface area contributed by atoms with Crippen molar-refractivity contribution in [3.8, 4) is 0 Å². The minimum atomic E-state index is -0.418. The summed E-state index contributed by atoms with van der Waals surface area (Å²) in [7, 11) is 0. The van der Waals surface area contributed by atoms with Gasteiger partial charge in [-0.05, 0) is 49.3 Å². The Morgan fingerprint density at radius 3 is 2.67 bits per heavy atom. The molecule has 1 aliphatic rings. The minimum Gasteiger partial charge on any atom is -0.370 e. The summed E-state index contributed by atoms with van der Waals surface area (Å²) in [5, 5.41) is 5.50. The summed E-state index contributed by atoms with van der Waals surface area (Å²) >= 11 is 0. The van der Waals surface area contributed by atoms with Crippen molar-refractivity contribution in [3.05, 3.63) is 34.9 Å². The molecule has 0 fully saturated rings. The minimum absolute atomic E-state index is 0.0641. The predicted octanol–water partition coefficient (Wildman–Crippen LogP) is 1.80. The molecule has 3 amide bonds. The summed E-state index contributed by atoms with van der Waals surface area (Å²) in [6, 6.07) is 6.11. The average Bonchev–Trinajstić information content (AvgIpc) is 2.46. The Kier molecular flexibility index (Phi) is 5.20. The van der Waals surface area contributed by atoms with Crippen LogP contribution in [0.3, 0.4) is 0 Å². The van der Waals surface area contributed by atoms with E-state index in [1.54, 1.807) is 0 Å². The monoisotopic (exact) mass is 289 g/mol. The van der Waals surface area contributed by atoms with Crippen LogP contribution >= 0.6 is 0 Å². The van der Waals surface area contributed by atoms with Crippen LogP contribution in [0.15, 0.2) is 18.2 Å². The van der Waals surface area contributed by atoms with E-state index in [9.17, 15) is 9.59 Å². The second-order valence-electron chi connectivity index (χ2n) is 5.57. The number of nitrogens with two attached hydrogens (primary N) is 1. The lowest BCUT2D eigenvalue weighted by molar-refractivity contribution is -0.117. The first kappa shape index (κ1) is 15.4. The van der Waals surface area contributed by atoms with Crippen molar-refractivity contribution in [2.45, 2.75) is 45.1 Å². The fraction of sp³-hybridized carbons (Fsp3) is 0.500. The van der Waals surface area contributed by atoms with Crippen LogP contribution in [0.2, 0.25) is 0 Å². The van der Waals surface area contributed by atoms with Gasteiger partial charge in [0.25, 0.3) is 0 Å². The number of aryl methyl sites for hydroxylation is 2. The lowest BCUT2D eigenvalue weighted by Gasteiger charge is -2.20. The zero-order chi connectivity index (χ0) is 15.2. The molecular formula is C16H23N3O2. The van der Waals surface area contributed by atoms with E-state index in [1.165, 1.54) is 24.0 Å². The summed E-state index contributed by atoms with van der Waals surface area (Å²) in [5.41, 5.74) is 8.97. The van der Waals surface area contributed by atoms with Gasteiger partial charge in [0.05, 0.1) is 6.04 Å². The van der Waals surface area contributed by atoms with E-state index < -0.39 is 5.91 Å². The maximum atomic E-state index is 11.7. The number of carbonyl (C=O) groups is 2. The summed E-state index contributed by atoms with van der Waals surface area (Å²) in [5.74, 6) is -0.418. The van der Waals surface area contributed by atoms with Gasteiger partial charge in [-0.1, -0.05) is 18.2 Å². The maximum absolute atomic E-state index is 11.7. The van der Waals surface area contributed by atoms with Gasteiger partial charge in [0, 0.05) is 13.0 Å². The Labute approximate surface area is 125 Å². The molecule has 0 aromatic heterocycles. The highest BCUT2D eigenvalue weighted by Gasteiger charge is 2.13. The predicted molar refractivity (Wildman–Crippen MR) is 81.8 cm³/mol. The molecule has 1 unspecified atom stereocenters. The van der Waals surface area contributed by atoms with E-state index >= 15 is 0 Å². The normalized spacial score (nSPS) is 14.9. The van der Waals surface area contributed by atoms with Gasteiger partial charge in [-0.25, -0.2) is 4.79 Å². The third kappa shape index (κ3) is 4.48. The van der Waals surface area contributed by atoms with Crippen molar-refractivity contribution in [1.29, 1.82) is 0 Å². The number of rotatable bonds is 5. The largest absolute Gasteiger partial charge is 0.370 e. The van der Waals surface area contributed by atoms with Gasteiger partial charge in [0.2, 0.25) is 5.91 Å². The van der Waals surface area contributed by atoms with Crippen LogP contribution in [0, 0.1) is 0 Å². The van der Waals surface area contributed by atoms with E-state index in [0.717, 1.165) is 18.4 Å². The highest BCUT2D eigenvalue weighted by atomic mass is 16.2. The van der Waals surface area contributed by atoms with Gasteiger partial charge in [-0.3, -0.25) is 4.79 Å². The molecule has 0 saturated heterocycles. The van der Waals surface area contributed by atoms with Gasteiger partial charge in [0.15, 0.2) is 0 Å². The smallest absolute Gasteiger partial charge is 0.315 e. The Hall–Kier alpha value is -2.04. The van der Waals surface area contributed by atoms with Gasteiger partial charge in [-0.15, -0.1) is 0 Å². The van der Waals surface area contributed by atoms with Crippen LogP contribution in [0.4, 0.5) is 4.79 Å². The number of benzene rings is 1. The van der Waals surface area contributed by atoms with E-state index in [1.807, 2.05) is 6.92 Å². The molecule has 1 aromatic rings. The Balaban J connectivity index is 1.89. The molecule has 21 heavy (non-hydrogen) atoms. The third-order valence-electron chi connectivity index (χ3n) is 3.88. The molecule has 4 N–H and O–H groups in total. The van der Waals surface area contributed by atoms with Gasteiger partial charge in [0.1, 0.15) is 0 Å². The van der Waals surface area contributed by atoms with Gasteiger partial charge >= 0.3 is 6.03 Å². The van der Waals surface area contributed by atoms with Crippen LogP contribution in [-0.4, -0.2) is 18.5 Å². The number of carbonyl (C=O) groups excluding carboxylic acids is 2. The van der Waals surface area contributed by atoms with Crippen molar-refractivity contribution in [2.24, 2.45) is 5.73 Å². The summed E-state index contributed by atoms with van der Waals surface area (Å²) < 4.78 is 0. The molecule has 0 aliphatic heterocycles. The topological polar surface area (TPSA) is 84.2 Å². The number of primary amides is 1. The number of nitrogens with one attached hydrogen (secondary N) is 2. The van der Waals surface area contributed by atoms with E-state index in [2.05, 4.69) is 28.8 Å². The zero-order valence-electron chi connectivity index (χ0n) is 12.4. The van der Waals surface area contributed by atoms with Crippen LogP contribution in [0.5, 0.6) is 0 Å². The average molecular weight is 289 g/mol. The van der Waals surface area contributed by atoms with Crippen molar-refractivity contribution in [3.63, 3.8) is 0 Å². The first-order valence-electron chi connectivity index (χ1n) is 7.50. The van der Waals surface area contributed by atoms with Gasteiger partial charge < -0.3 is 16.4 Å². The fourth-order valence-corrected chi connectivity index (χ4v) is 2.65. The molecule has 0 saturated carbocycles. The Bertz CT molecular complexity index is 528. The second kappa shape index (κ2) is 7.11. The van der Waals surface area contributed by atoms with Crippen LogP contribution < -0.4 is 16.4 Å². The Morgan fingerprint density at radius 1 is 1.24 bits per heavy atom. The molecule has 0 spiro atoms. The van der Waals surface area contributed by atoms with Crippen molar-refractivity contribution in [1.82, 2.24) is 10.6 Å². The van der Waals surface area contributed by atoms with Crippen molar-refractivity contribution >= 4 is 11.9 Å². The summed E-state index contributed by atoms with van der Waals surface area (Å²) in [6.45, 7) is 2.22. The van der Waals surface area contributed by atoms with Crippen LogP contribution in [-0.2, 0) is 17.6 Å². The van der Waals surface area contributed by atoms with Crippen LogP contribution in [0.25, 0.3) is 0 Å². The van der Waals surface area contributed by atoms with E-state index in [0.29, 0.717) is 0 Å². The number of hydrogen-bond donors (Lipinski definition) is 3. The van der Waals surface area contributed by atoms with Crippen molar-refractivity contribution in [2.75, 3.05) is 6.54 Å². The summed E-state index contributed by atoms with van der Waals surface area (Å²) in [6.07, 6.45) is 4.95. The second-order valence-corrected chi connectivity index (χ2v) is 5.57.